The lowest BCUT2D eigenvalue weighted by molar-refractivity contribution is -0.0391. The Morgan fingerprint density at radius 2 is 2.16 bits per heavy atom. The highest BCUT2D eigenvalue weighted by atomic mass is 16.3. The highest BCUT2D eigenvalue weighted by Crippen LogP contribution is 2.35. The summed E-state index contributed by atoms with van der Waals surface area (Å²) in [6.45, 7) is 5.82. The summed E-state index contributed by atoms with van der Waals surface area (Å²) in [5.41, 5.74) is 2.31. The molecule has 3 nitrogen and oxygen atoms in total. The highest BCUT2D eigenvalue weighted by Gasteiger charge is 2.37. The number of aliphatic hydroxyl groups is 1. The summed E-state index contributed by atoms with van der Waals surface area (Å²) in [4.78, 5) is 4.51. The monoisotopic (exact) mass is 256 g/mol. The molecule has 0 spiro atoms. The van der Waals surface area contributed by atoms with Gasteiger partial charge in [-0.05, 0) is 43.7 Å². The molecule has 3 rings (SSSR count). The molecule has 0 bridgehead atoms. The van der Waals surface area contributed by atoms with Crippen LogP contribution in [-0.4, -0.2) is 23.2 Å². The summed E-state index contributed by atoms with van der Waals surface area (Å²) in [5.74, 6) is 0.220. The summed E-state index contributed by atoms with van der Waals surface area (Å²) in [5, 5.41) is 15.4. The first-order valence-electron chi connectivity index (χ1n) is 6.90. The number of piperidine rings is 1. The fraction of sp³-hybridized carbons (Fsp3) is 0.438. The number of hydrogen-bond donors (Lipinski definition) is 2. The maximum atomic E-state index is 11.0. The average molecular weight is 256 g/mol. The molecule has 2 N–H and O–H groups in total. The van der Waals surface area contributed by atoms with Crippen LogP contribution in [0.5, 0.6) is 0 Å². The van der Waals surface area contributed by atoms with Crippen molar-refractivity contribution >= 4 is 10.9 Å². The van der Waals surface area contributed by atoms with E-state index in [2.05, 4.69) is 29.4 Å². The number of nitrogens with one attached hydrogen (secondary N) is 1. The van der Waals surface area contributed by atoms with Crippen molar-refractivity contribution in [2.75, 3.05) is 13.1 Å². The topological polar surface area (TPSA) is 45.1 Å². The third-order valence-corrected chi connectivity index (χ3v) is 4.28. The Hall–Kier alpha value is -1.45. The second kappa shape index (κ2) is 4.58. The first-order valence-corrected chi connectivity index (χ1v) is 6.90. The second-order valence-corrected chi connectivity index (χ2v) is 5.64. The van der Waals surface area contributed by atoms with Crippen LogP contribution in [0.3, 0.4) is 0 Å². The predicted octanol–water partition coefficient (Wildman–Crippen LogP) is 2.36. The van der Waals surface area contributed by atoms with Crippen molar-refractivity contribution in [2.45, 2.75) is 25.9 Å². The number of fused-ring (bicyclic) bond motifs is 1. The van der Waals surface area contributed by atoms with Crippen LogP contribution >= 0.6 is 0 Å². The minimum absolute atomic E-state index is 0.220. The van der Waals surface area contributed by atoms with Crippen molar-refractivity contribution in [1.29, 1.82) is 0 Å². The zero-order valence-electron chi connectivity index (χ0n) is 11.5. The van der Waals surface area contributed by atoms with Crippen LogP contribution in [0.15, 0.2) is 30.3 Å². The van der Waals surface area contributed by atoms with Gasteiger partial charge < -0.3 is 10.4 Å². The van der Waals surface area contributed by atoms with E-state index in [4.69, 9.17) is 0 Å². The number of pyridine rings is 1. The summed E-state index contributed by atoms with van der Waals surface area (Å²) in [6.07, 6.45) is 0.763. The smallest absolute Gasteiger partial charge is 0.0946 e. The quantitative estimate of drug-likeness (QED) is 0.823. The standard InChI is InChI=1S/C16H20N2O/c1-11-10-17-8-7-16(11,19)14-5-6-15-13(9-14)4-3-12(2)18-15/h3-6,9,11,17,19H,7-8,10H2,1-2H3. The van der Waals surface area contributed by atoms with E-state index in [-0.39, 0.29) is 5.92 Å². The number of rotatable bonds is 1. The molecule has 2 unspecified atom stereocenters. The molecule has 0 radical (unpaired) electrons. The van der Waals surface area contributed by atoms with Crippen LogP contribution in [0.25, 0.3) is 10.9 Å². The molecule has 2 atom stereocenters. The number of aromatic nitrogens is 1. The molecular formula is C16H20N2O. The molecule has 0 saturated carbocycles. The molecule has 0 aliphatic carbocycles. The molecule has 1 fully saturated rings. The van der Waals surface area contributed by atoms with E-state index in [0.717, 1.165) is 41.7 Å². The molecule has 1 aromatic heterocycles. The van der Waals surface area contributed by atoms with Crippen LogP contribution in [-0.2, 0) is 5.60 Å². The lowest BCUT2D eigenvalue weighted by Crippen LogP contribution is -2.46. The maximum absolute atomic E-state index is 11.0. The molecule has 100 valence electrons. The van der Waals surface area contributed by atoms with Crippen molar-refractivity contribution < 1.29 is 5.11 Å². The summed E-state index contributed by atoms with van der Waals surface area (Å²) < 4.78 is 0. The fourth-order valence-electron chi connectivity index (χ4n) is 2.94. The van der Waals surface area contributed by atoms with E-state index in [1.54, 1.807) is 0 Å². The Kier molecular flexibility index (Phi) is 3.03. The van der Waals surface area contributed by atoms with Crippen molar-refractivity contribution in [3.8, 4) is 0 Å². The predicted molar refractivity (Wildman–Crippen MR) is 77.0 cm³/mol. The van der Waals surface area contributed by atoms with Crippen LogP contribution in [0.1, 0.15) is 24.6 Å². The third kappa shape index (κ3) is 2.13. The lowest BCUT2D eigenvalue weighted by atomic mass is 9.77. The van der Waals surface area contributed by atoms with Crippen LogP contribution in [0, 0.1) is 12.8 Å². The average Bonchev–Trinajstić information content (AvgIpc) is 2.41. The largest absolute Gasteiger partial charge is 0.385 e. The van der Waals surface area contributed by atoms with Crippen molar-refractivity contribution in [1.82, 2.24) is 10.3 Å². The minimum Gasteiger partial charge on any atom is -0.385 e. The molecule has 19 heavy (non-hydrogen) atoms. The third-order valence-electron chi connectivity index (χ3n) is 4.28. The molecule has 3 heteroatoms. The van der Waals surface area contributed by atoms with Gasteiger partial charge in [0.1, 0.15) is 0 Å². The first-order chi connectivity index (χ1) is 9.09. The van der Waals surface area contributed by atoms with Gasteiger partial charge in [0.05, 0.1) is 11.1 Å². The highest BCUT2D eigenvalue weighted by molar-refractivity contribution is 5.79. The SMILES string of the molecule is Cc1ccc2cc(C3(O)CCNCC3C)ccc2n1. The van der Waals surface area contributed by atoms with Gasteiger partial charge in [0.15, 0.2) is 0 Å². The summed E-state index contributed by atoms with van der Waals surface area (Å²) in [7, 11) is 0. The van der Waals surface area contributed by atoms with Gasteiger partial charge in [-0.25, -0.2) is 0 Å². The second-order valence-electron chi connectivity index (χ2n) is 5.64. The zero-order chi connectivity index (χ0) is 13.5. The van der Waals surface area contributed by atoms with Gasteiger partial charge in [-0.2, -0.15) is 0 Å². The molecule has 2 heterocycles. The molecule has 2 aromatic rings. The molecule has 0 amide bonds. The van der Waals surface area contributed by atoms with Gasteiger partial charge in [-0.1, -0.05) is 19.1 Å². The Bertz CT molecular complexity index is 611. The van der Waals surface area contributed by atoms with E-state index in [0.29, 0.717) is 0 Å². The maximum Gasteiger partial charge on any atom is 0.0946 e. The first kappa shape index (κ1) is 12.6. The van der Waals surface area contributed by atoms with Crippen molar-refractivity contribution in [2.24, 2.45) is 5.92 Å². The van der Waals surface area contributed by atoms with Crippen LogP contribution in [0.4, 0.5) is 0 Å². The van der Waals surface area contributed by atoms with Crippen LogP contribution in [0.2, 0.25) is 0 Å². The zero-order valence-corrected chi connectivity index (χ0v) is 11.5. The van der Waals surface area contributed by atoms with E-state index < -0.39 is 5.60 Å². The van der Waals surface area contributed by atoms with Gasteiger partial charge in [0.2, 0.25) is 0 Å². The van der Waals surface area contributed by atoms with Crippen LogP contribution < -0.4 is 5.32 Å². The van der Waals surface area contributed by atoms with Gasteiger partial charge in [-0.15, -0.1) is 0 Å². The molecule has 1 saturated heterocycles. The fourth-order valence-corrected chi connectivity index (χ4v) is 2.94. The Morgan fingerprint density at radius 3 is 2.95 bits per heavy atom. The van der Waals surface area contributed by atoms with E-state index in [9.17, 15) is 5.11 Å². The van der Waals surface area contributed by atoms with Gasteiger partial charge in [0, 0.05) is 23.5 Å². The van der Waals surface area contributed by atoms with Crippen molar-refractivity contribution in [3.63, 3.8) is 0 Å². The summed E-state index contributed by atoms with van der Waals surface area (Å²) >= 11 is 0. The van der Waals surface area contributed by atoms with Gasteiger partial charge in [0.25, 0.3) is 0 Å². The minimum atomic E-state index is -0.718. The molecular weight excluding hydrogens is 236 g/mol. The number of hydrogen-bond acceptors (Lipinski definition) is 3. The van der Waals surface area contributed by atoms with Gasteiger partial charge in [-0.3, -0.25) is 4.98 Å². The molecule has 1 aliphatic heterocycles. The van der Waals surface area contributed by atoms with Gasteiger partial charge >= 0.3 is 0 Å². The number of benzene rings is 1. The molecule has 1 aliphatic rings. The Morgan fingerprint density at radius 1 is 1.32 bits per heavy atom. The van der Waals surface area contributed by atoms with E-state index >= 15 is 0 Å². The number of aryl methyl sites for hydroxylation is 1. The lowest BCUT2D eigenvalue weighted by Gasteiger charge is -2.39. The molecule has 1 aromatic carbocycles. The Labute approximate surface area is 113 Å². The normalized spacial score (nSPS) is 27.6. The number of nitrogens with zero attached hydrogens (tertiary/aromatic N) is 1. The van der Waals surface area contributed by atoms with E-state index in [1.165, 1.54) is 0 Å². The van der Waals surface area contributed by atoms with Crippen molar-refractivity contribution in [3.05, 3.63) is 41.6 Å². The van der Waals surface area contributed by atoms with E-state index in [1.807, 2.05) is 25.1 Å². The summed E-state index contributed by atoms with van der Waals surface area (Å²) in [6, 6.07) is 10.2. The Balaban J connectivity index is 2.07.